The minimum absolute atomic E-state index is 0.0353. The van der Waals surface area contributed by atoms with Gasteiger partial charge >= 0.3 is 5.97 Å². The standard InChI is InChI=1S/C23H22ClN3O5/c1-31-22(29)15-20(16-7-9-17(24)10-8-16)25-23(30)19-11-12-21(28)27(26-19)13-14-32-18-5-3-2-4-6-18/h2-12,20H,13-15H2,1H3,(H,25,30). The Kier molecular flexibility index (Phi) is 7.99. The van der Waals surface area contributed by atoms with Crippen LogP contribution < -0.4 is 15.6 Å². The second kappa shape index (κ2) is 11.1. The molecular weight excluding hydrogens is 434 g/mol. The van der Waals surface area contributed by atoms with Gasteiger partial charge < -0.3 is 14.8 Å². The smallest absolute Gasteiger partial charge is 0.307 e. The number of nitrogens with one attached hydrogen (secondary N) is 1. The predicted molar refractivity (Wildman–Crippen MR) is 119 cm³/mol. The summed E-state index contributed by atoms with van der Waals surface area (Å²) < 4.78 is 11.5. The molecule has 3 rings (SSSR count). The lowest BCUT2D eigenvalue weighted by atomic mass is 10.0. The fourth-order valence-corrected chi connectivity index (χ4v) is 3.05. The lowest BCUT2D eigenvalue weighted by molar-refractivity contribution is -0.141. The zero-order valence-electron chi connectivity index (χ0n) is 17.4. The average Bonchev–Trinajstić information content (AvgIpc) is 2.81. The van der Waals surface area contributed by atoms with E-state index in [2.05, 4.69) is 10.4 Å². The number of rotatable bonds is 9. The van der Waals surface area contributed by atoms with E-state index in [1.54, 1.807) is 36.4 Å². The van der Waals surface area contributed by atoms with E-state index in [1.807, 2.05) is 18.2 Å². The highest BCUT2D eigenvalue weighted by Crippen LogP contribution is 2.20. The second-order valence-electron chi connectivity index (χ2n) is 6.80. The van der Waals surface area contributed by atoms with Crippen LogP contribution in [0, 0.1) is 0 Å². The number of methoxy groups -OCH3 is 1. The van der Waals surface area contributed by atoms with Crippen molar-refractivity contribution in [3.8, 4) is 5.75 Å². The van der Waals surface area contributed by atoms with Crippen molar-refractivity contribution in [1.82, 2.24) is 15.1 Å². The first-order chi connectivity index (χ1) is 15.5. The summed E-state index contributed by atoms with van der Waals surface area (Å²) in [6, 6.07) is 17.9. The van der Waals surface area contributed by atoms with Gasteiger partial charge in [-0.3, -0.25) is 14.4 Å². The van der Waals surface area contributed by atoms with Crippen molar-refractivity contribution in [2.45, 2.75) is 19.0 Å². The largest absolute Gasteiger partial charge is 0.492 e. The molecule has 0 spiro atoms. The second-order valence-corrected chi connectivity index (χ2v) is 7.24. The van der Waals surface area contributed by atoms with Crippen LogP contribution in [0.1, 0.15) is 28.5 Å². The molecule has 0 aliphatic rings. The van der Waals surface area contributed by atoms with Gasteiger partial charge in [0.05, 0.1) is 26.1 Å². The van der Waals surface area contributed by atoms with Crippen LogP contribution in [-0.4, -0.2) is 35.4 Å². The monoisotopic (exact) mass is 455 g/mol. The van der Waals surface area contributed by atoms with Crippen molar-refractivity contribution in [2.75, 3.05) is 13.7 Å². The van der Waals surface area contributed by atoms with Gasteiger partial charge in [0.2, 0.25) is 0 Å². The summed E-state index contributed by atoms with van der Waals surface area (Å²) in [7, 11) is 1.28. The molecule has 1 amide bonds. The molecule has 0 saturated carbocycles. The number of esters is 1. The number of para-hydroxylation sites is 1. The van der Waals surface area contributed by atoms with Gasteiger partial charge in [0.25, 0.3) is 11.5 Å². The van der Waals surface area contributed by atoms with Crippen LogP contribution in [0.4, 0.5) is 0 Å². The Morgan fingerprint density at radius 3 is 2.47 bits per heavy atom. The Labute approximate surface area is 189 Å². The highest BCUT2D eigenvalue weighted by atomic mass is 35.5. The zero-order chi connectivity index (χ0) is 22.9. The Hall–Kier alpha value is -3.65. The van der Waals surface area contributed by atoms with Gasteiger partial charge in [-0.2, -0.15) is 5.10 Å². The van der Waals surface area contributed by atoms with Crippen LogP contribution in [-0.2, 0) is 16.1 Å². The molecule has 3 aromatic rings. The molecule has 1 unspecified atom stereocenters. The maximum Gasteiger partial charge on any atom is 0.307 e. The lowest BCUT2D eigenvalue weighted by Crippen LogP contribution is -2.34. The van der Waals surface area contributed by atoms with Gasteiger partial charge in [-0.25, -0.2) is 4.68 Å². The molecule has 32 heavy (non-hydrogen) atoms. The minimum Gasteiger partial charge on any atom is -0.492 e. The third-order valence-electron chi connectivity index (χ3n) is 4.59. The topological polar surface area (TPSA) is 99.5 Å². The van der Waals surface area contributed by atoms with Crippen molar-refractivity contribution in [2.24, 2.45) is 0 Å². The summed E-state index contributed by atoms with van der Waals surface area (Å²) in [6.07, 6.45) is -0.0750. The third kappa shape index (κ3) is 6.42. The number of ether oxygens (including phenoxy) is 2. The van der Waals surface area contributed by atoms with Gasteiger partial charge in [-0.05, 0) is 35.9 Å². The molecule has 0 bridgehead atoms. The van der Waals surface area contributed by atoms with E-state index in [9.17, 15) is 14.4 Å². The molecule has 2 aromatic carbocycles. The first-order valence-electron chi connectivity index (χ1n) is 9.85. The molecule has 9 heteroatoms. The maximum absolute atomic E-state index is 12.8. The normalized spacial score (nSPS) is 11.4. The average molecular weight is 456 g/mol. The molecule has 1 heterocycles. The summed E-state index contributed by atoms with van der Waals surface area (Å²) in [5, 5.41) is 7.44. The quantitative estimate of drug-likeness (QED) is 0.498. The zero-order valence-corrected chi connectivity index (χ0v) is 18.1. The Morgan fingerprint density at radius 1 is 1.06 bits per heavy atom. The first kappa shape index (κ1) is 23.0. The Bertz CT molecular complexity index is 1120. The number of benzene rings is 2. The number of hydrogen-bond acceptors (Lipinski definition) is 6. The van der Waals surface area contributed by atoms with Crippen molar-refractivity contribution in [3.05, 3.63) is 93.4 Å². The molecule has 0 saturated heterocycles. The minimum atomic E-state index is -0.657. The van der Waals surface area contributed by atoms with E-state index < -0.39 is 17.9 Å². The summed E-state index contributed by atoms with van der Waals surface area (Å²) in [5.74, 6) is -0.351. The molecule has 0 radical (unpaired) electrons. The third-order valence-corrected chi connectivity index (χ3v) is 4.84. The van der Waals surface area contributed by atoms with Crippen LogP contribution in [0.15, 0.2) is 71.5 Å². The van der Waals surface area contributed by atoms with Gasteiger partial charge in [0, 0.05) is 11.1 Å². The summed E-state index contributed by atoms with van der Waals surface area (Å²) in [5.41, 5.74) is 0.355. The van der Waals surface area contributed by atoms with Crippen molar-refractivity contribution in [1.29, 1.82) is 0 Å². The van der Waals surface area contributed by atoms with Crippen LogP contribution in [0.2, 0.25) is 5.02 Å². The van der Waals surface area contributed by atoms with Crippen molar-refractivity contribution < 1.29 is 19.1 Å². The highest BCUT2D eigenvalue weighted by Gasteiger charge is 2.21. The molecule has 166 valence electrons. The van der Waals surface area contributed by atoms with Crippen molar-refractivity contribution >= 4 is 23.5 Å². The molecule has 1 atom stereocenters. The first-order valence-corrected chi connectivity index (χ1v) is 10.2. The molecule has 0 aliphatic heterocycles. The number of amides is 1. The molecule has 1 N–H and O–H groups in total. The number of aromatic nitrogens is 2. The van der Waals surface area contributed by atoms with Gasteiger partial charge in [-0.1, -0.05) is 41.9 Å². The number of carbonyl (C=O) groups excluding carboxylic acids is 2. The van der Waals surface area contributed by atoms with Gasteiger partial charge in [0.1, 0.15) is 18.1 Å². The number of halogens is 1. The molecule has 8 nitrogen and oxygen atoms in total. The van der Waals surface area contributed by atoms with Crippen LogP contribution in [0.3, 0.4) is 0 Å². The van der Waals surface area contributed by atoms with Gasteiger partial charge in [0.15, 0.2) is 0 Å². The van der Waals surface area contributed by atoms with E-state index in [0.717, 1.165) is 4.68 Å². The number of nitrogens with zero attached hydrogens (tertiary/aromatic N) is 2. The van der Waals surface area contributed by atoms with Crippen molar-refractivity contribution in [3.63, 3.8) is 0 Å². The van der Waals surface area contributed by atoms with E-state index >= 15 is 0 Å². The SMILES string of the molecule is COC(=O)CC(NC(=O)c1ccc(=O)n(CCOc2ccccc2)n1)c1ccc(Cl)cc1. The molecular formula is C23H22ClN3O5. The van der Waals surface area contributed by atoms with E-state index in [-0.39, 0.29) is 30.8 Å². The van der Waals surface area contributed by atoms with Crippen LogP contribution in [0.25, 0.3) is 0 Å². The Morgan fingerprint density at radius 2 is 1.78 bits per heavy atom. The summed E-state index contributed by atoms with van der Waals surface area (Å²) in [4.78, 5) is 36.8. The van der Waals surface area contributed by atoms with Gasteiger partial charge in [-0.15, -0.1) is 0 Å². The van der Waals surface area contributed by atoms with E-state index in [0.29, 0.717) is 16.3 Å². The molecule has 0 fully saturated rings. The highest BCUT2D eigenvalue weighted by molar-refractivity contribution is 6.30. The predicted octanol–water partition coefficient (Wildman–Crippen LogP) is 3.01. The fraction of sp³-hybridized carbons (Fsp3) is 0.217. The lowest BCUT2D eigenvalue weighted by Gasteiger charge is -2.18. The summed E-state index contributed by atoms with van der Waals surface area (Å²) in [6.45, 7) is 0.370. The number of carbonyl (C=O) groups is 2. The number of hydrogen-bond donors (Lipinski definition) is 1. The fourth-order valence-electron chi connectivity index (χ4n) is 2.93. The van der Waals surface area contributed by atoms with E-state index in [4.69, 9.17) is 21.1 Å². The molecule has 1 aromatic heterocycles. The van der Waals surface area contributed by atoms with Crippen LogP contribution >= 0.6 is 11.6 Å². The Balaban J connectivity index is 1.71. The van der Waals surface area contributed by atoms with Crippen LogP contribution in [0.5, 0.6) is 5.75 Å². The molecule has 0 aliphatic carbocycles. The maximum atomic E-state index is 12.8. The van der Waals surface area contributed by atoms with E-state index in [1.165, 1.54) is 19.2 Å². The summed E-state index contributed by atoms with van der Waals surface area (Å²) >= 11 is 5.93.